The van der Waals surface area contributed by atoms with Crippen molar-refractivity contribution < 1.29 is 9.84 Å². The Labute approximate surface area is 140 Å². The largest absolute Gasteiger partial charge is 0.481 e. The standard InChI is InChI=1S/C16H20Cl2N2O2/c1-3-13-11(8-10-6-5-7-12(17)15(10)18)16(22-4-2)20-14(9-21)19-13/h5-7,11,13,21H,3-4,8-9H2,1-2H3. The second kappa shape index (κ2) is 7.95. The van der Waals surface area contributed by atoms with Gasteiger partial charge in [0.2, 0.25) is 0 Å². The molecule has 1 heterocycles. The number of aliphatic hydroxyl groups is 1. The van der Waals surface area contributed by atoms with Crippen molar-refractivity contribution in [3.8, 4) is 0 Å². The predicted molar refractivity (Wildman–Crippen MR) is 91.3 cm³/mol. The topological polar surface area (TPSA) is 54.2 Å². The Bertz CT molecular complexity index is 588. The van der Waals surface area contributed by atoms with E-state index in [2.05, 4.69) is 16.9 Å². The molecule has 0 saturated carbocycles. The van der Waals surface area contributed by atoms with Crippen molar-refractivity contribution in [3.05, 3.63) is 33.8 Å². The Morgan fingerprint density at radius 3 is 2.68 bits per heavy atom. The second-order valence-corrected chi connectivity index (χ2v) is 5.87. The van der Waals surface area contributed by atoms with Crippen LogP contribution in [0.15, 0.2) is 28.2 Å². The lowest BCUT2D eigenvalue weighted by Gasteiger charge is -2.28. The lowest BCUT2D eigenvalue weighted by molar-refractivity contribution is 0.282. The molecule has 2 unspecified atom stereocenters. The van der Waals surface area contributed by atoms with E-state index in [1.807, 2.05) is 19.1 Å². The van der Waals surface area contributed by atoms with E-state index in [1.165, 1.54) is 0 Å². The highest BCUT2D eigenvalue weighted by Gasteiger charge is 2.31. The molecule has 120 valence electrons. The molecule has 0 aliphatic carbocycles. The van der Waals surface area contributed by atoms with Crippen LogP contribution >= 0.6 is 23.2 Å². The molecule has 4 nitrogen and oxygen atoms in total. The Morgan fingerprint density at radius 2 is 2.05 bits per heavy atom. The van der Waals surface area contributed by atoms with Gasteiger partial charge in [0.05, 0.1) is 28.6 Å². The first-order valence-electron chi connectivity index (χ1n) is 7.42. The van der Waals surface area contributed by atoms with E-state index < -0.39 is 0 Å². The van der Waals surface area contributed by atoms with Gasteiger partial charge in [-0.15, -0.1) is 0 Å². The summed E-state index contributed by atoms with van der Waals surface area (Å²) >= 11 is 12.4. The Hall–Kier alpha value is -1.10. The van der Waals surface area contributed by atoms with Gasteiger partial charge in [-0.3, -0.25) is 4.99 Å². The van der Waals surface area contributed by atoms with Crippen LogP contribution < -0.4 is 0 Å². The molecule has 2 atom stereocenters. The van der Waals surface area contributed by atoms with Crippen molar-refractivity contribution in [2.24, 2.45) is 15.9 Å². The van der Waals surface area contributed by atoms with Gasteiger partial charge in [0.15, 0.2) is 11.7 Å². The van der Waals surface area contributed by atoms with Gasteiger partial charge in [-0.2, -0.15) is 4.99 Å². The molecule has 0 bridgehead atoms. The van der Waals surface area contributed by atoms with E-state index >= 15 is 0 Å². The molecule has 2 rings (SSSR count). The number of hydrogen-bond donors (Lipinski definition) is 1. The number of halogens is 2. The molecule has 1 aliphatic heterocycles. The third kappa shape index (κ3) is 3.80. The predicted octanol–water partition coefficient (Wildman–Crippen LogP) is 3.77. The molecule has 0 radical (unpaired) electrons. The molecular formula is C16H20Cl2N2O2. The number of nitrogens with zero attached hydrogens (tertiary/aromatic N) is 2. The van der Waals surface area contributed by atoms with Gasteiger partial charge < -0.3 is 9.84 Å². The minimum Gasteiger partial charge on any atom is -0.481 e. The van der Waals surface area contributed by atoms with Crippen molar-refractivity contribution in [2.75, 3.05) is 13.2 Å². The summed E-state index contributed by atoms with van der Waals surface area (Å²) in [6.45, 7) is 4.31. The van der Waals surface area contributed by atoms with Crippen LogP contribution in [0.2, 0.25) is 10.0 Å². The maximum atomic E-state index is 9.31. The maximum absolute atomic E-state index is 9.31. The summed E-state index contributed by atoms with van der Waals surface area (Å²) in [5.41, 5.74) is 0.952. The van der Waals surface area contributed by atoms with E-state index in [-0.39, 0.29) is 18.6 Å². The number of aliphatic imine (C=N–C) groups is 2. The van der Waals surface area contributed by atoms with Gasteiger partial charge in [-0.1, -0.05) is 42.3 Å². The van der Waals surface area contributed by atoms with Crippen LogP contribution in [0, 0.1) is 5.92 Å². The highest BCUT2D eigenvalue weighted by molar-refractivity contribution is 6.42. The second-order valence-electron chi connectivity index (χ2n) is 5.09. The molecular weight excluding hydrogens is 323 g/mol. The van der Waals surface area contributed by atoms with E-state index in [0.29, 0.717) is 34.8 Å². The summed E-state index contributed by atoms with van der Waals surface area (Å²) < 4.78 is 5.68. The van der Waals surface area contributed by atoms with Crippen molar-refractivity contribution in [2.45, 2.75) is 32.7 Å². The molecule has 1 aliphatic rings. The summed E-state index contributed by atoms with van der Waals surface area (Å²) in [4.78, 5) is 8.84. The molecule has 1 N–H and O–H groups in total. The lowest BCUT2D eigenvalue weighted by atomic mass is 9.89. The third-order valence-corrected chi connectivity index (χ3v) is 4.52. The van der Waals surface area contributed by atoms with Crippen LogP contribution in [0.5, 0.6) is 0 Å². The first-order valence-corrected chi connectivity index (χ1v) is 8.18. The van der Waals surface area contributed by atoms with Crippen molar-refractivity contribution >= 4 is 34.9 Å². The monoisotopic (exact) mass is 342 g/mol. The lowest BCUT2D eigenvalue weighted by Crippen LogP contribution is -2.36. The zero-order valence-electron chi connectivity index (χ0n) is 12.7. The number of aliphatic hydroxyl groups excluding tert-OH is 1. The summed E-state index contributed by atoms with van der Waals surface area (Å²) in [6.07, 6.45) is 1.48. The first kappa shape index (κ1) is 17.3. The average Bonchev–Trinajstić information content (AvgIpc) is 2.53. The molecule has 1 aromatic rings. The molecule has 0 fully saturated rings. The number of benzene rings is 1. The minimum atomic E-state index is -0.183. The molecule has 6 heteroatoms. The fourth-order valence-corrected chi connectivity index (χ4v) is 2.99. The fraction of sp³-hybridized carbons (Fsp3) is 0.500. The normalized spacial score (nSPS) is 21.3. The molecule has 0 aromatic heterocycles. The number of hydrogen-bond acceptors (Lipinski definition) is 4. The summed E-state index contributed by atoms with van der Waals surface area (Å²) in [7, 11) is 0. The quantitative estimate of drug-likeness (QED) is 0.885. The highest BCUT2D eigenvalue weighted by atomic mass is 35.5. The van der Waals surface area contributed by atoms with Gasteiger partial charge in [0, 0.05) is 0 Å². The van der Waals surface area contributed by atoms with E-state index in [9.17, 15) is 5.11 Å². The Morgan fingerprint density at radius 1 is 1.27 bits per heavy atom. The third-order valence-electron chi connectivity index (χ3n) is 3.66. The average molecular weight is 343 g/mol. The van der Waals surface area contributed by atoms with E-state index in [4.69, 9.17) is 27.9 Å². The van der Waals surface area contributed by atoms with Crippen LogP contribution in [0.3, 0.4) is 0 Å². The van der Waals surface area contributed by atoms with Gasteiger partial charge in [0.25, 0.3) is 0 Å². The summed E-state index contributed by atoms with van der Waals surface area (Å²) in [6, 6.07) is 5.62. The minimum absolute atomic E-state index is 0.00350. The number of ether oxygens (including phenoxy) is 1. The van der Waals surface area contributed by atoms with Crippen LogP contribution in [0.4, 0.5) is 0 Å². The molecule has 1 aromatic carbocycles. The van der Waals surface area contributed by atoms with Crippen LogP contribution in [-0.2, 0) is 11.2 Å². The Balaban J connectivity index is 2.31. The fourth-order valence-electron chi connectivity index (χ4n) is 2.59. The van der Waals surface area contributed by atoms with Crippen LogP contribution in [0.25, 0.3) is 0 Å². The van der Waals surface area contributed by atoms with Gasteiger partial charge >= 0.3 is 0 Å². The number of amidine groups is 1. The van der Waals surface area contributed by atoms with Crippen molar-refractivity contribution in [1.82, 2.24) is 0 Å². The SMILES string of the molecule is CCOC1=NC(CO)=NC(CC)C1Cc1cccc(Cl)c1Cl. The molecule has 0 amide bonds. The highest BCUT2D eigenvalue weighted by Crippen LogP contribution is 2.30. The summed E-state index contributed by atoms with van der Waals surface area (Å²) in [5, 5.41) is 10.4. The van der Waals surface area contributed by atoms with Gasteiger partial charge in [0.1, 0.15) is 6.61 Å². The van der Waals surface area contributed by atoms with E-state index in [1.54, 1.807) is 6.07 Å². The van der Waals surface area contributed by atoms with Gasteiger partial charge in [-0.05, 0) is 31.4 Å². The zero-order chi connectivity index (χ0) is 16.1. The van der Waals surface area contributed by atoms with Crippen LogP contribution in [-0.4, -0.2) is 36.1 Å². The zero-order valence-corrected chi connectivity index (χ0v) is 14.2. The van der Waals surface area contributed by atoms with Crippen molar-refractivity contribution in [1.29, 1.82) is 0 Å². The van der Waals surface area contributed by atoms with Crippen molar-refractivity contribution in [3.63, 3.8) is 0 Å². The first-order chi connectivity index (χ1) is 10.6. The van der Waals surface area contributed by atoms with Gasteiger partial charge in [-0.25, -0.2) is 0 Å². The Kier molecular flexibility index (Phi) is 6.24. The number of rotatable bonds is 5. The smallest absolute Gasteiger partial charge is 0.195 e. The molecule has 22 heavy (non-hydrogen) atoms. The maximum Gasteiger partial charge on any atom is 0.195 e. The molecule has 0 saturated heterocycles. The molecule has 0 spiro atoms. The van der Waals surface area contributed by atoms with Crippen LogP contribution in [0.1, 0.15) is 25.8 Å². The van der Waals surface area contributed by atoms with E-state index in [0.717, 1.165) is 12.0 Å². The summed E-state index contributed by atoms with van der Waals surface area (Å²) in [5.74, 6) is 1.03.